The second-order valence-electron chi connectivity index (χ2n) is 6.11. The highest BCUT2D eigenvalue weighted by Crippen LogP contribution is 2.22. The summed E-state index contributed by atoms with van der Waals surface area (Å²) in [5.74, 6) is 0.0646. The Morgan fingerprint density at radius 2 is 1.88 bits per heavy atom. The molecule has 4 heteroatoms. The van der Waals surface area contributed by atoms with Crippen molar-refractivity contribution in [1.29, 1.82) is 0 Å². The maximum absolute atomic E-state index is 12.4. The van der Waals surface area contributed by atoms with Crippen LogP contribution in [0.2, 0.25) is 0 Å². The summed E-state index contributed by atoms with van der Waals surface area (Å²) >= 11 is 1.72. The molecule has 1 heterocycles. The SMILES string of the molecule is CN(C)[C@H](CNC(=O)Cc1cccc2ccccc12)c1cccs1. The molecule has 0 aliphatic rings. The van der Waals surface area contributed by atoms with Gasteiger partial charge in [0.2, 0.25) is 5.91 Å². The number of amides is 1. The number of nitrogens with one attached hydrogen (secondary N) is 1. The quantitative estimate of drug-likeness (QED) is 0.740. The van der Waals surface area contributed by atoms with Crippen LogP contribution in [0.5, 0.6) is 0 Å². The Hall–Kier alpha value is -2.17. The third-order valence-corrected chi connectivity index (χ3v) is 5.19. The predicted molar refractivity (Wildman–Crippen MR) is 101 cm³/mol. The molecule has 3 aromatic rings. The molecule has 1 amide bonds. The minimum Gasteiger partial charge on any atom is -0.354 e. The molecule has 0 aliphatic heterocycles. The fourth-order valence-electron chi connectivity index (χ4n) is 2.91. The molecule has 0 bridgehead atoms. The van der Waals surface area contributed by atoms with Gasteiger partial charge in [0.25, 0.3) is 0 Å². The summed E-state index contributed by atoms with van der Waals surface area (Å²) in [6.45, 7) is 0.622. The molecule has 2 aromatic carbocycles. The standard InChI is InChI=1S/C20H22N2OS/c1-22(2)18(19-11-6-12-24-19)14-21-20(23)13-16-9-5-8-15-7-3-4-10-17(15)16/h3-12,18H,13-14H2,1-2H3,(H,21,23)/t18-/m1/s1. The number of hydrogen-bond donors (Lipinski definition) is 1. The second kappa shape index (κ2) is 7.60. The fraction of sp³-hybridized carbons (Fsp3) is 0.250. The third-order valence-electron chi connectivity index (χ3n) is 4.22. The van der Waals surface area contributed by atoms with Gasteiger partial charge in [-0.05, 0) is 41.9 Å². The molecular weight excluding hydrogens is 316 g/mol. The minimum atomic E-state index is 0.0646. The van der Waals surface area contributed by atoms with Gasteiger partial charge < -0.3 is 10.2 Å². The lowest BCUT2D eigenvalue weighted by Crippen LogP contribution is -2.34. The minimum absolute atomic E-state index is 0.0646. The lowest BCUT2D eigenvalue weighted by Gasteiger charge is -2.23. The number of nitrogens with zero attached hydrogens (tertiary/aromatic N) is 1. The smallest absolute Gasteiger partial charge is 0.224 e. The normalized spacial score (nSPS) is 12.5. The first-order valence-corrected chi connectivity index (χ1v) is 8.96. The zero-order valence-electron chi connectivity index (χ0n) is 14.0. The summed E-state index contributed by atoms with van der Waals surface area (Å²) in [6, 6.07) is 18.7. The zero-order valence-corrected chi connectivity index (χ0v) is 14.8. The number of likely N-dealkylation sites (N-methyl/N-ethyl adjacent to an activating group) is 1. The van der Waals surface area contributed by atoms with E-state index in [9.17, 15) is 4.79 Å². The van der Waals surface area contributed by atoms with E-state index in [1.54, 1.807) is 11.3 Å². The molecule has 0 aliphatic carbocycles. The van der Waals surface area contributed by atoms with Crippen LogP contribution in [-0.2, 0) is 11.2 Å². The Morgan fingerprint density at radius 1 is 1.08 bits per heavy atom. The summed E-state index contributed by atoms with van der Waals surface area (Å²) in [6.07, 6.45) is 0.409. The second-order valence-corrected chi connectivity index (χ2v) is 7.09. The molecule has 0 saturated heterocycles. The van der Waals surface area contributed by atoms with E-state index in [2.05, 4.69) is 45.9 Å². The van der Waals surface area contributed by atoms with Crippen LogP contribution >= 0.6 is 11.3 Å². The summed E-state index contributed by atoms with van der Waals surface area (Å²) < 4.78 is 0. The van der Waals surface area contributed by atoms with Crippen LogP contribution in [0.25, 0.3) is 10.8 Å². The van der Waals surface area contributed by atoms with E-state index in [4.69, 9.17) is 0 Å². The van der Waals surface area contributed by atoms with Crippen molar-refractivity contribution in [3.63, 3.8) is 0 Å². The Kier molecular flexibility index (Phi) is 5.28. The largest absolute Gasteiger partial charge is 0.354 e. The highest BCUT2D eigenvalue weighted by atomic mass is 32.1. The Balaban J connectivity index is 1.67. The highest BCUT2D eigenvalue weighted by molar-refractivity contribution is 7.10. The molecule has 24 heavy (non-hydrogen) atoms. The van der Waals surface area contributed by atoms with Gasteiger partial charge >= 0.3 is 0 Å². The van der Waals surface area contributed by atoms with Crippen LogP contribution in [0.1, 0.15) is 16.5 Å². The van der Waals surface area contributed by atoms with Crippen LogP contribution in [0.15, 0.2) is 60.0 Å². The number of carbonyl (C=O) groups is 1. The summed E-state index contributed by atoms with van der Waals surface area (Å²) in [4.78, 5) is 15.8. The molecule has 0 spiro atoms. The van der Waals surface area contributed by atoms with Gasteiger partial charge in [-0.15, -0.1) is 11.3 Å². The Labute approximate surface area is 146 Å². The van der Waals surface area contributed by atoms with E-state index < -0.39 is 0 Å². The molecule has 0 fully saturated rings. The first kappa shape index (κ1) is 16.7. The summed E-state index contributed by atoms with van der Waals surface area (Å²) in [5, 5.41) is 7.49. The number of fused-ring (bicyclic) bond motifs is 1. The lowest BCUT2D eigenvalue weighted by atomic mass is 10.0. The summed E-state index contributed by atoms with van der Waals surface area (Å²) in [5.41, 5.74) is 1.07. The van der Waals surface area contributed by atoms with Gasteiger partial charge in [0, 0.05) is 11.4 Å². The van der Waals surface area contributed by atoms with E-state index in [0.717, 1.165) is 10.9 Å². The van der Waals surface area contributed by atoms with Crippen molar-refractivity contribution in [1.82, 2.24) is 10.2 Å². The van der Waals surface area contributed by atoms with Crippen molar-refractivity contribution in [2.45, 2.75) is 12.5 Å². The maximum Gasteiger partial charge on any atom is 0.224 e. The molecule has 124 valence electrons. The van der Waals surface area contributed by atoms with Crippen molar-refractivity contribution in [2.24, 2.45) is 0 Å². The van der Waals surface area contributed by atoms with Gasteiger partial charge in [0.15, 0.2) is 0 Å². The number of rotatable bonds is 6. The van der Waals surface area contributed by atoms with Crippen LogP contribution in [-0.4, -0.2) is 31.4 Å². The van der Waals surface area contributed by atoms with Crippen LogP contribution in [0, 0.1) is 0 Å². The monoisotopic (exact) mass is 338 g/mol. The molecular formula is C20H22N2OS. The van der Waals surface area contributed by atoms with Gasteiger partial charge in [0.05, 0.1) is 12.5 Å². The van der Waals surface area contributed by atoms with Crippen molar-refractivity contribution < 1.29 is 4.79 Å². The summed E-state index contributed by atoms with van der Waals surface area (Å²) in [7, 11) is 4.09. The van der Waals surface area contributed by atoms with E-state index in [-0.39, 0.29) is 11.9 Å². The van der Waals surface area contributed by atoms with Gasteiger partial charge in [-0.3, -0.25) is 4.79 Å². The van der Waals surface area contributed by atoms with Crippen molar-refractivity contribution >= 4 is 28.0 Å². The van der Waals surface area contributed by atoms with Crippen LogP contribution < -0.4 is 5.32 Å². The molecule has 1 aromatic heterocycles. The Morgan fingerprint density at radius 3 is 2.62 bits per heavy atom. The average Bonchev–Trinajstić information content (AvgIpc) is 3.09. The number of carbonyl (C=O) groups excluding carboxylic acids is 1. The first-order chi connectivity index (χ1) is 11.6. The number of benzene rings is 2. The topological polar surface area (TPSA) is 32.3 Å². The van der Waals surface area contributed by atoms with E-state index in [0.29, 0.717) is 13.0 Å². The molecule has 0 radical (unpaired) electrons. The molecule has 0 unspecified atom stereocenters. The Bertz CT molecular complexity index is 806. The van der Waals surface area contributed by atoms with Crippen molar-refractivity contribution in [3.05, 3.63) is 70.4 Å². The van der Waals surface area contributed by atoms with Crippen molar-refractivity contribution in [3.8, 4) is 0 Å². The maximum atomic E-state index is 12.4. The third kappa shape index (κ3) is 3.83. The van der Waals surface area contributed by atoms with Gasteiger partial charge in [0.1, 0.15) is 0 Å². The average molecular weight is 338 g/mol. The van der Waals surface area contributed by atoms with E-state index >= 15 is 0 Å². The molecule has 1 atom stereocenters. The van der Waals surface area contributed by atoms with E-state index in [1.165, 1.54) is 10.3 Å². The molecule has 1 N–H and O–H groups in total. The van der Waals surface area contributed by atoms with Crippen LogP contribution in [0.3, 0.4) is 0 Å². The zero-order chi connectivity index (χ0) is 16.9. The van der Waals surface area contributed by atoms with E-state index in [1.807, 2.05) is 38.4 Å². The number of hydrogen-bond acceptors (Lipinski definition) is 3. The van der Waals surface area contributed by atoms with Gasteiger partial charge in [-0.25, -0.2) is 0 Å². The lowest BCUT2D eigenvalue weighted by molar-refractivity contribution is -0.120. The predicted octanol–water partition coefficient (Wildman–Crippen LogP) is 3.86. The highest BCUT2D eigenvalue weighted by Gasteiger charge is 2.16. The van der Waals surface area contributed by atoms with Crippen molar-refractivity contribution in [2.75, 3.05) is 20.6 Å². The van der Waals surface area contributed by atoms with Gasteiger partial charge in [-0.2, -0.15) is 0 Å². The van der Waals surface area contributed by atoms with Gasteiger partial charge in [-0.1, -0.05) is 48.5 Å². The molecule has 3 rings (SSSR count). The fourth-order valence-corrected chi connectivity index (χ4v) is 3.83. The molecule has 0 saturated carbocycles. The number of thiophene rings is 1. The first-order valence-electron chi connectivity index (χ1n) is 8.08. The van der Waals surface area contributed by atoms with Crippen LogP contribution in [0.4, 0.5) is 0 Å². The molecule has 3 nitrogen and oxygen atoms in total.